The lowest BCUT2D eigenvalue weighted by atomic mass is 10.0. The van der Waals surface area contributed by atoms with E-state index in [9.17, 15) is 4.79 Å². The maximum absolute atomic E-state index is 11.7. The highest BCUT2D eigenvalue weighted by Crippen LogP contribution is 2.17. The number of esters is 1. The SMILES string of the molecule is CCCCCc1c[nH]c(C)c1C(=O)OCC. The van der Waals surface area contributed by atoms with Crippen LogP contribution in [-0.2, 0) is 11.2 Å². The van der Waals surface area contributed by atoms with Crippen molar-refractivity contribution in [3.8, 4) is 0 Å². The molecule has 3 heteroatoms. The van der Waals surface area contributed by atoms with Crippen molar-refractivity contribution >= 4 is 5.97 Å². The lowest BCUT2D eigenvalue weighted by molar-refractivity contribution is 0.0524. The molecule has 1 rings (SSSR count). The first-order valence-corrected chi connectivity index (χ1v) is 6.04. The molecule has 0 radical (unpaired) electrons. The number of hydrogen-bond acceptors (Lipinski definition) is 2. The van der Waals surface area contributed by atoms with Gasteiger partial charge in [-0.05, 0) is 32.3 Å². The monoisotopic (exact) mass is 223 g/mol. The van der Waals surface area contributed by atoms with Crippen LogP contribution in [0.1, 0.15) is 54.7 Å². The number of unbranched alkanes of at least 4 members (excludes halogenated alkanes) is 2. The lowest BCUT2D eigenvalue weighted by Gasteiger charge is -2.04. The Morgan fingerprint density at radius 2 is 2.12 bits per heavy atom. The number of ether oxygens (including phenoxy) is 1. The molecule has 0 aliphatic carbocycles. The average molecular weight is 223 g/mol. The van der Waals surface area contributed by atoms with E-state index in [-0.39, 0.29) is 5.97 Å². The first-order chi connectivity index (χ1) is 7.70. The number of aromatic amines is 1. The zero-order valence-electron chi connectivity index (χ0n) is 10.4. The summed E-state index contributed by atoms with van der Waals surface area (Å²) >= 11 is 0. The Morgan fingerprint density at radius 3 is 2.75 bits per heavy atom. The number of rotatable bonds is 6. The van der Waals surface area contributed by atoms with Gasteiger partial charge < -0.3 is 9.72 Å². The number of H-pyrrole nitrogens is 1. The summed E-state index contributed by atoms with van der Waals surface area (Å²) in [6.45, 7) is 6.35. The third-order valence-electron chi connectivity index (χ3n) is 2.69. The smallest absolute Gasteiger partial charge is 0.340 e. The van der Waals surface area contributed by atoms with E-state index in [2.05, 4.69) is 11.9 Å². The minimum Gasteiger partial charge on any atom is -0.462 e. The van der Waals surface area contributed by atoms with E-state index in [0.717, 1.165) is 29.7 Å². The summed E-state index contributed by atoms with van der Waals surface area (Å²) in [6.07, 6.45) is 6.40. The van der Waals surface area contributed by atoms with E-state index in [4.69, 9.17) is 4.74 Å². The van der Waals surface area contributed by atoms with E-state index < -0.39 is 0 Å². The summed E-state index contributed by atoms with van der Waals surface area (Å²) in [5.41, 5.74) is 2.73. The second-order valence-corrected chi connectivity index (χ2v) is 3.99. The van der Waals surface area contributed by atoms with Crippen molar-refractivity contribution in [2.24, 2.45) is 0 Å². The van der Waals surface area contributed by atoms with Gasteiger partial charge in [0.1, 0.15) is 0 Å². The van der Waals surface area contributed by atoms with Gasteiger partial charge in [0.15, 0.2) is 0 Å². The van der Waals surface area contributed by atoms with Gasteiger partial charge in [-0.2, -0.15) is 0 Å². The third kappa shape index (κ3) is 3.12. The van der Waals surface area contributed by atoms with Gasteiger partial charge in [-0.1, -0.05) is 19.8 Å². The average Bonchev–Trinajstić information content (AvgIpc) is 2.61. The normalized spacial score (nSPS) is 10.4. The fourth-order valence-electron chi connectivity index (χ4n) is 1.83. The predicted molar refractivity (Wildman–Crippen MR) is 64.7 cm³/mol. The van der Waals surface area contributed by atoms with E-state index in [0.29, 0.717) is 6.61 Å². The van der Waals surface area contributed by atoms with Gasteiger partial charge in [-0.25, -0.2) is 4.79 Å². The molecule has 0 saturated carbocycles. The Balaban J connectivity index is 2.73. The van der Waals surface area contributed by atoms with Crippen LogP contribution in [0.4, 0.5) is 0 Å². The second kappa shape index (κ2) is 6.36. The summed E-state index contributed by atoms with van der Waals surface area (Å²) in [5.74, 6) is -0.201. The Bertz CT molecular complexity index is 342. The summed E-state index contributed by atoms with van der Waals surface area (Å²) in [7, 11) is 0. The molecule has 0 atom stereocenters. The molecule has 1 aromatic heterocycles. The molecule has 0 unspecified atom stereocenters. The Hall–Kier alpha value is -1.25. The predicted octanol–water partition coefficient (Wildman–Crippen LogP) is 3.23. The van der Waals surface area contributed by atoms with Gasteiger partial charge in [0, 0.05) is 11.9 Å². The molecule has 0 amide bonds. The zero-order valence-corrected chi connectivity index (χ0v) is 10.4. The van der Waals surface area contributed by atoms with E-state index >= 15 is 0 Å². The van der Waals surface area contributed by atoms with Crippen molar-refractivity contribution in [1.82, 2.24) is 4.98 Å². The second-order valence-electron chi connectivity index (χ2n) is 3.99. The molecule has 1 N–H and O–H groups in total. The van der Waals surface area contributed by atoms with Crippen LogP contribution >= 0.6 is 0 Å². The van der Waals surface area contributed by atoms with Crippen LogP contribution in [0.15, 0.2) is 6.20 Å². The van der Waals surface area contributed by atoms with Crippen LogP contribution in [0, 0.1) is 6.92 Å². The van der Waals surface area contributed by atoms with Crippen LogP contribution in [0.5, 0.6) is 0 Å². The van der Waals surface area contributed by atoms with E-state index in [1.807, 2.05) is 20.0 Å². The quantitative estimate of drug-likeness (QED) is 0.594. The molecule has 1 heterocycles. The number of aromatic nitrogens is 1. The van der Waals surface area contributed by atoms with Gasteiger partial charge in [0.05, 0.1) is 12.2 Å². The summed E-state index contributed by atoms with van der Waals surface area (Å²) < 4.78 is 5.06. The molecule has 0 saturated heterocycles. The van der Waals surface area contributed by atoms with E-state index in [1.54, 1.807) is 0 Å². The zero-order chi connectivity index (χ0) is 12.0. The van der Waals surface area contributed by atoms with Gasteiger partial charge in [0.2, 0.25) is 0 Å². The molecule has 3 nitrogen and oxygen atoms in total. The molecule has 1 aromatic rings. The molecular weight excluding hydrogens is 202 g/mol. The maximum atomic E-state index is 11.7. The topological polar surface area (TPSA) is 42.1 Å². The molecule has 0 bridgehead atoms. The van der Waals surface area contributed by atoms with Crippen LogP contribution in [-0.4, -0.2) is 17.6 Å². The van der Waals surface area contributed by atoms with Gasteiger partial charge in [-0.3, -0.25) is 0 Å². The molecule has 0 aliphatic heterocycles. The molecule has 90 valence electrons. The lowest BCUT2D eigenvalue weighted by Crippen LogP contribution is -2.08. The van der Waals surface area contributed by atoms with Gasteiger partial charge >= 0.3 is 5.97 Å². The number of nitrogens with one attached hydrogen (secondary N) is 1. The minimum atomic E-state index is -0.201. The van der Waals surface area contributed by atoms with Crippen LogP contribution in [0.3, 0.4) is 0 Å². The minimum absolute atomic E-state index is 0.201. The Kier molecular flexibility index (Phi) is 5.09. The number of hydrogen-bond donors (Lipinski definition) is 1. The fraction of sp³-hybridized carbons (Fsp3) is 0.615. The van der Waals surface area contributed by atoms with Crippen molar-refractivity contribution in [3.63, 3.8) is 0 Å². The molecule has 16 heavy (non-hydrogen) atoms. The molecular formula is C13H21NO2. The Morgan fingerprint density at radius 1 is 1.38 bits per heavy atom. The first-order valence-electron chi connectivity index (χ1n) is 6.04. The molecule has 0 fully saturated rings. The largest absolute Gasteiger partial charge is 0.462 e. The number of carbonyl (C=O) groups excluding carboxylic acids is 1. The summed E-state index contributed by atoms with van der Waals surface area (Å²) in [6, 6.07) is 0. The van der Waals surface area contributed by atoms with Crippen molar-refractivity contribution < 1.29 is 9.53 Å². The van der Waals surface area contributed by atoms with Gasteiger partial charge in [-0.15, -0.1) is 0 Å². The summed E-state index contributed by atoms with van der Waals surface area (Å²) in [4.78, 5) is 14.8. The van der Waals surface area contributed by atoms with Crippen LogP contribution in [0.25, 0.3) is 0 Å². The van der Waals surface area contributed by atoms with Crippen molar-refractivity contribution in [3.05, 3.63) is 23.0 Å². The Labute approximate surface area is 97.2 Å². The first kappa shape index (κ1) is 12.8. The highest BCUT2D eigenvalue weighted by Gasteiger charge is 2.16. The third-order valence-corrected chi connectivity index (χ3v) is 2.69. The van der Waals surface area contributed by atoms with Gasteiger partial charge in [0.25, 0.3) is 0 Å². The molecule has 0 aromatic carbocycles. The van der Waals surface area contributed by atoms with Crippen molar-refractivity contribution in [1.29, 1.82) is 0 Å². The number of aryl methyl sites for hydroxylation is 2. The highest BCUT2D eigenvalue weighted by atomic mass is 16.5. The summed E-state index contributed by atoms with van der Waals surface area (Å²) in [5, 5.41) is 0. The maximum Gasteiger partial charge on any atom is 0.340 e. The van der Waals surface area contributed by atoms with Crippen molar-refractivity contribution in [2.45, 2.75) is 46.5 Å². The molecule has 0 aliphatic rings. The highest BCUT2D eigenvalue weighted by molar-refractivity contribution is 5.92. The van der Waals surface area contributed by atoms with Crippen molar-refractivity contribution in [2.75, 3.05) is 6.61 Å². The molecule has 0 spiro atoms. The van der Waals surface area contributed by atoms with Crippen LogP contribution < -0.4 is 0 Å². The van der Waals surface area contributed by atoms with Crippen LogP contribution in [0.2, 0.25) is 0 Å². The fourth-order valence-corrected chi connectivity index (χ4v) is 1.83. The standard InChI is InChI=1S/C13H21NO2/c1-4-6-7-8-11-9-14-10(3)12(11)13(15)16-5-2/h9,14H,4-8H2,1-3H3. The van der Waals surface area contributed by atoms with E-state index in [1.165, 1.54) is 12.8 Å². The number of carbonyl (C=O) groups is 1.